The highest BCUT2D eigenvalue weighted by atomic mass is 16.4. The minimum atomic E-state index is -1.50. The van der Waals surface area contributed by atoms with Crippen LogP contribution in [0, 0.1) is 16.7 Å². The summed E-state index contributed by atoms with van der Waals surface area (Å²) in [5.41, 5.74) is -3.10. The number of carbonyl (C=O) groups is 2. The lowest BCUT2D eigenvalue weighted by Crippen LogP contribution is -2.55. The van der Waals surface area contributed by atoms with Crippen LogP contribution in [-0.2, 0) is 15.0 Å². The number of tetrazole rings is 1. The van der Waals surface area contributed by atoms with Crippen molar-refractivity contribution in [2.45, 2.75) is 46.0 Å². The molecule has 0 bridgehead atoms. The number of aromatic amines is 1. The number of allylic oxidation sites excluding steroid dienone is 1. The zero-order valence-corrected chi connectivity index (χ0v) is 13.7. The summed E-state index contributed by atoms with van der Waals surface area (Å²) in [6.07, 6.45) is 3.70. The zero-order valence-electron chi connectivity index (χ0n) is 13.7. The fraction of sp³-hybridized carbons (Fsp3) is 0.667. The van der Waals surface area contributed by atoms with Crippen molar-refractivity contribution < 1.29 is 19.8 Å². The number of aliphatic carboxylic acids is 2. The number of carboxylic acids is 2. The average molecular weight is 322 g/mol. The van der Waals surface area contributed by atoms with Crippen molar-refractivity contribution >= 4 is 11.9 Å². The van der Waals surface area contributed by atoms with Crippen LogP contribution in [0.3, 0.4) is 0 Å². The third kappa shape index (κ3) is 2.62. The highest BCUT2D eigenvalue weighted by Crippen LogP contribution is 2.53. The molecule has 0 amide bonds. The molecule has 2 rings (SSSR count). The summed E-state index contributed by atoms with van der Waals surface area (Å²) >= 11 is 0. The van der Waals surface area contributed by atoms with Crippen LogP contribution in [0.25, 0.3) is 0 Å². The second-order valence-electron chi connectivity index (χ2n) is 7.44. The number of carboxylic acid groups (broad SMARTS) is 2. The quantitative estimate of drug-likeness (QED) is 0.718. The smallest absolute Gasteiger partial charge is 0.318 e. The second-order valence-corrected chi connectivity index (χ2v) is 7.44. The fourth-order valence-electron chi connectivity index (χ4n) is 3.66. The molecule has 0 saturated heterocycles. The predicted octanol–water partition coefficient (Wildman–Crippen LogP) is 1.63. The van der Waals surface area contributed by atoms with Gasteiger partial charge in [0.15, 0.2) is 5.82 Å². The molecule has 0 aliphatic heterocycles. The van der Waals surface area contributed by atoms with Crippen LogP contribution < -0.4 is 0 Å². The van der Waals surface area contributed by atoms with Gasteiger partial charge in [0.25, 0.3) is 0 Å². The molecule has 1 aliphatic rings. The molecule has 126 valence electrons. The Morgan fingerprint density at radius 1 is 1.35 bits per heavy atom. The normalized spacial score (nSPS) is 31.0. The summed E-state index contributed by atoms with van der Waals surface area (Å²) in [5.74, 6) is -2.81. The Labute approximate surface area is 134 Å². The lowest BCUT2D eigenvalue weighted by atomic mass is 9.54. The molecule has 1 aromatic heterocycles. The van der Waals surface area contributed by atoms with E-state index >= 15 is 0 Å². The minimum Gasteiger partial charge on any atom is -0.481 e. The lowest BCUT2D eigenvalue weighted by Gasteiger charge is -2.47. The van der Waals surface area contributed by atoms with E-state index in [2.05, 4.69) is 20.6 Å². The second kappa shape index (κ2) is 5.43. The summed E-state index contributed by atoms with van der Waals surface area (Å²) in [4.78, 5) is 24.3. The first-order valence-corrected chi connectivity index (χ1v) is 7.45. The highest BCUT2D eigenvalue weighted by Gasteiger charge is 2.60. The van der Waals surface area contributed by atoms with Crippen molar-refractivity contribution in [3.63, 3.8) is 0 Å². The standard InChI is InChI=1S/C15H22N4O4/c1-9-14(11(20)21,8-13(2,3)4)6-5-7-15(9,12(22)23)10-16-18-19-17-10/h5-6,9H,7-8H2,1-4H3,(H,20,21)(H,22,23)(H,16,17,18,19). The van der Waals surface area contributed by atoms with E-state index in [1.54, 1.807) is 19.1 Å². The van der Waals surface area contributed by atoms with E-state index in [1.165, 1.54) is 0 Å². The van der Waals surface area contributed by atoms with Gasteiger partial charge in [-0.1, -0.05) is 39.8 Å². The Bertz CT molecular complexity index is 634. The minimum absolute atomic E-state index is 0.0846. The maximum Gasteiger partial charge on any atom is 0.318 e. The van der Waals surface area contributed by atoms with Crippen LogP contribution >= 0.6 is 0 Å². The summed E-state index contributed by atoms with van der Waals surface area (Å²) in [6.45, 7) is 7.46. The molecule has 0 radical (unpaired) electrons. The van der Waals surface area contributed by atoms with Gasteiger partial charge < -0.3 is 10.2 Å². The van der Waals surface area contributed by atoms with E-state index in [1.807, 2.05) is 20.8 Å². The van der Waals surface area contributed by atoms with Crippen molar-refractivity contribution in [3.05, 3.63) is 18.0 Å². The Balaban J connectivity index is 2.64. The topological polar surface area (TPSA) is 129 Å². The molecule has 1 aromatic rings. The fourth-order valence-corrected chi connectivity index (χ4v) is 3.66. The summed E-state index contributed by atoms with van der Waals surface area (Å²) in [7, 11) is 0. The van der Waals surface area contributed by atoms with Crippen LogP contribution in [-0.4, -0.2) is 42.8 Å². The number of nitrogens with zero attached hydrogens (tertiary/aromatic N) is 3. The summed E-state index contributed by atoms with van der Waals surface area (Å²) < 4.78 is 0. The van der Waals surface area contributed by atoms with Gasteiger partial charge in [-0.05, 0) is 34.6 Å². The molecule has 1 aliphatic carbocycles. The monoisotopic (exact) mass is 322 g/mol. The van der Waals surface area contributed by atoms with E-state index in [0.717, 1.165) is 0 Å². The van der Waals surface area contributed by atoms with E-state index in [-0.39, 0.29) is 17.7 Å². The van der Waals surface area contributed by atoms with Gasteiger partial charge in [-0.2, -0.15) is 0 Å². The number of nitrogens with one attached hydrogen (secondary N) is 1. The van der Waals surface area contributed by atoms with Crippen LogP contribution in [0.2, 0.25) is 0 Å². The van der Waals surface area contributed by atoms with Gasteiger partial charge in [-0.3, -0.25) is 9.59 Å². The third-order valence-corrected chi connectivity index (χ3v) is 4.74. The molecule has 0 saturated carbocycles. The molecule has 3 unspecified atom stereocenters. The van der Waals surface area contributed by atoms with Crippen molar-refractivity contribution in [3.8, 4) is 0 Å². The molecule has 0 spiro atoms. The SMILES string of the molecule is CC1C(CC(C)(C)C)(C(=O)O)C=CCC1(C(=O)O)c1nnn[nH]1. The molecular formula is C15H22N4O4. The maximum absolute atomic E-state index is 12.1. The molecule has 8 nitrogen and oxygen atoms in total. The van der Waals surface area contributed by atoms with Crippen molar-refractivity contribution in [2.24, 2.45) is 16.7 Å². The first-order chi connectivity index (χ1) is 10.6. The number of H-pyrrole nitrogens is 1. The van der Waals surface area contributed by atoms with Crippen LogP contribution in [0.15, 0.2) is 12.2 Å². The number of rotatable bonds is 4. The van der Waals surface area contributed by atoms with E-state index in [4.69, 9.17) is 0 Å². The average Bonchev–Trinajstić information content (AvgIpc) is 2.93. The van der Waals surface area contributed by atoms with Crippen molar-refractivity contribution in [1.29, 1.82) is 0 Å². The van der Waals surface area contributed by atoms with Crippen LogP contribution in [0.1, 0.15) is 46.4 Å². The van der Waals surface area contributed by atoms with Crippen LogP contribution in [0.5, 0.6) is 0 Å². The molecule has 0 aromatic carbocycles. The van der Waals surface area contributed by atoms with E-state index in [0.29, 0.717) is 6.42 Å². The van der Waals surface area contributed by atoms with Crippen molar-refractivity contribution in [2.75, 3.05) is 0 Å². The Hall–Kier alpha value is -2.25. The molecule has 8 heteroatoms. The Kier molecular flexibility index (Phi) is 4.04. The molecule has 3 N–H and O–H groups in total. The summed E-state index contributed by atoms with van der Waals surface area (Å²) in [6, 6.07) is 0. The van der Waals surface area contributed by atoms with Crippen molar-refractivity contribution in [1.82, 2.24) is 20.6 Å². The lowest BCUT2D eigenvalue weighted by molar-refractivity contribution is -0.159. The van der Waals surface area contributed by atoms with Gasteiger partial charge in [0.1, 0.15) is 5.41 Å². The number of hydrogen-bond donors (Lipinski definition) is 3. The molecule has 1 heterocycles. The van der Waals surface area contributed by atoms with E-state index in [9.17, 15) is 19.8 Å². The third-order valence-electron chi connectivity index (χ3n) is 4.74. The number of aromatic nitrogens is 4. The summed E-state index contributed by atoms with van der Waals surface area (Å²) in [5, 5.41) is 33.1. The van der Waals surface area contributed by atoms with Gasteiger partial charge in [0.2, 0.25) is 0 Å². The van der Waals surface area contributed by atoms with Gasteiger partial charge in [-0.15, -0.1) is 5.10 Å². The highest BCUT2D eigenvalue weighted by molar-refractivity contribution is 5.85. The van der Waals surface area contributed by atoms with Gasteiger partial charge in [0.05, 0.1) is 5.41 Å². The molecule has 3 atom stereocenters. The maximum atomic E-state index is 12.1. The predicted molar refractivity (Wildman–Crippen MR) is 80.6 cm³/mol. The van der Waals surface area contributed by atoms with Crippen LogP contribution in [0.4, 0.5) is 0 Å². The largest absolute Gasteiger partial charge is 0.481 e. The molecule has 0 fully saturated rings. The van der Waals surface area contributed by atoms with E-state index < -0.39 is 28.7 Å². The zero-order chi connectivity index (χ0) is 17.5. The first kappa shape index (κ1) is 17.1. The molecular weight excluding hydrogens is 300 g/mol. The van der Waals surface area contributed by atoms with Gasteiger partial charge in [-0.25, -0.2) is 5.10 Å². The van der Waals surface area contributed by atoms with Gasteiger partial charge >= 0.3 is 11.9 Å². The Morgan fingerprint density at radius 3 is 2.43 bits per heavy atom. The Morgan fingerprint density at radius 2 is 2.00 bits per heavy atom. The first-order valence-electron chi connectivity index (χ1n) is 7.45. The number of hydrogen-bond acceptors (Lipinski definition) is 5. The molecule has 23 heavy (non-hydrogen) atoms. The van der Waals surface area contributed by atoms with Gasteiger partial charge in [0, 0.05) is 0 Å².